The number of carbonyl (C=O) groups excluding carboxylic acids is 2. The van der Waals surface area contributed by atoms with E-state index in [0.29, 0.717) is 18.4 Å². The molecule has 4 N–H and O–H groups in total. The monoisotopic (exact) mass is 299 g/mol. The Morgan fingerprint density at radius 3 is 2.90 bits per heavy atom. The van der Waals surface area contributed by atoms with Gasteiger partial charge < -0.3 is 15.8 Å². The smallest absolute Gasteiger partial charge is 0.240 e. The number of nitrogens with zero attached hydrogens (tertiary/aromatic N) is 2. The molecule has 2 amide bonds. The van der Waals surface area contributed by atoms with Gasteiger partial charge in [0.05, 0.1) is 5.75 Å². The Labute approximate surface area is 120 Å². The summed E-state index contributed by atoms with van der Waals surface area (Å²) < 4.78 is 5.24. The average molecular weight is 299 g/mol. The van der Waals surface area contributed by atoms with E-state index in [1.807, 2.05) is 0 Å². The molecule has 110 valence electrons. The van der Waals surface area contributed by atoms with E-state index in [0.717, 1.165) is 12.8 Å². The molecule has 0 saturated carbocycles. The maximum atomic E-state index is 11.9. The summed E-state index contributed by atoms with van der Waals surface area (Å²) in [6, 6.07) is -0.637. The second kappa shape index (κ2) is 7.25. The van der Waals surface area contributed by atoms with Gasteiger partial charge in [0.1, 0.15) is 12.4 Å². The molecule has 2 rings (SSSR count). The van der Waals surface area contributed by atoms with E-state index in [9.17, 15) is 9.59 Å². The number of hydrogen-bond acceptors (Lipinski definition) is 6. The van der Waals surface area contributed by atoms with E-state index >= 15 is 0 Å². The van der Waals surface area contributed by atoms with Gasteiger partial charge in [-0.15, -0.1) is 0 Å². The molecule has 0 radical (unpaired) electrons. The van der Waals surface area contributed by atoms with Crippen molar-refractivity contribution in [2.45, 2.75) is 24.0 Å². The zero-order valence-electron chi connectivity index (χ0n) is 10.9. The van der Waals surface area contributed by atoms with E-state index < -0.39 is 11.9 Å². The van der Waals surface area contributed by atoms with E-state index in [2.05, 4.69) is 20.5 Å². The lowest BCUT2D eigenvalue weighted by atomic mass is 9.91. The van der Waals surface area contributed by atoms with Gasteiger partial charge in [0.15, 0.2) is 5.16 Å². The number of hydrogen-bond donors (Lipinski definition) is 3. The lowest BCUT2D eigenvalue weighted by Gasteiger charge is -2.28. The molecule has 0 aromatic carbocycles. The first-order valence-corrected chi connectivity index (χ1v) is 7.30. The molecule has 20 heavy (non-hydrogen) atoms. The highest BCUT2D eigenvalue weighted by Gasteiger charge is 2.29. The second-order valence-electron chi connectivity index (χ2n) is 4.48. The van der Waals surface area contributed by atoms with Crippen molar-refractivity contribution in [1.29, 1.82) is 0 Å². The standard InChI is InChI=1S/C11H17N5O3S/c12-10(18)9(7-1-3-19-4-2-7)15-8(17)5-20-11-13-6-14-16-11/h6-7,9H,1-5H2,(H2,12,18)(H,15,17)(H,13,14,16). The van der Waals surface area contributed by atoms with E-state index in [1.165, 1.54) is 18.1 Å². The van der Waals surface area contributed by atoms with Crippen LogP contribution >= 0.6 is 11.8 Å². The maximum absolute atomic E-state index is 11.9. The van der Waals surface area contributed by atoms with Gasteiger partial charge in [-0.3, -0.25) is 14.7 Å². The third kappa shape index (κ3) is 4.20. The van der Waals surface area contributed by atoms with Crippen molar-refractivity contribution in [2.75, 3.05) is 19.0 Å². The lowest BCUT2D eigenvalue weighted by molar-refractivity contribution is -0.128. The summed E-state index contributed by atoms with van der Waals surface area (Å²) in [6.45, 7) is 1.19. The number of thioether (sulfide) groups is 1. The number of nitrogens with one attached hydrogen (secondary N) is 2. The first kappa shape index (κ1) is 14.8. The fraction of sp³-hybridized carbons (Fsp3) is 0.636. The predicted octanol–water partition coefficient (Wildman–Crippen LogP) is -0.707. The van der Waals surface area contributed by atoms with Gasteiger partial charge in [-0.05, 0) is 18.8 Å². The second-order valence-corrected chi connectivity index (χ2v) is 5.44. The van der Waals surface area contributed by atoms with Gasteiger partial charge in [-0.1, -0.05) is 11.8 Å². The highest BCUT2D eigenvalue weighted by Crippen LogP contribution is 2.19. The molecular weight excluding hydrogens is 282 g/mol. The van der Waals surface area contributed by atoms with Crippen LogP contribution < -0.4 is 11.1 Å². The average Bonchev–Trinajstić information content (AvgIpc) is 2.96. The van der Waals surface area contributed by atoms with Crippen LogP contribution in [0.25, 0.3) is 0 Å². The molecule has 1 aromatic heterocycles. The molecule has 9 heteroatoms. The van der Waals surface area contributed by atoms with Crippen molar-refractivity contribution < 1.29 is 14.3 Å². The number of nitrogens with two attached hydrogens (primary N) is 1. The third-order valence-corrected chi connectivity index (χ3v) is 3.97. The van der Waals surface area contributed by atoms with Crippen LogP contribution in [-0.2, 0) is 14.3 Å². The summed E-state index contributed by atoms with van der Waals surface area (Å²) in [5.41, 5.74) is 5.38. The number of H-pyrrole nitrogens is 1. The Morgan fingerprint density at radius 1 is 1.55 bits per heavy atom. The number of rotatable bonds is 6. The summed E-state index contributed by atoms with van der Waals surface area (Å²) in [5.74, 6) is -0.556. The molecule has 2 heterocycles. The number of aromatic nitrogens is 3. The van der Waals surface area contributed by atoms with Gasteiger partial charge in [0, 0.05) is 13.2 Å². The Morgan fingerprint density at radius 2 is 2.30 bits per heavy atom. The predicted molar refractivity (Wildman–Crippen MR) is 71.8 cm³/mol. The van der Waals surface area contributed by atoms with Gasteiger partial charge in [-0.2, -0.15) is 5.10 Å². The highest BCUT2D eigenvalue weighted by molar-refractivity contribution is 7.99. The van der Waals surface area contributed by atoms with Crippen LogP contribution in [-0.4, -0.2) is 52.0 Å². The largest absolute Gasteiger partial charge is 0.381 e. The maximum Gasteiger partial charge on any atom is 0.240 e. The van der Waals surface area contributed by atoms with Crippen molar-refractivity contribution in [3.63, 3.8) is 0 Å². The quantitative estimate of drug-likeness (QED) is 0.596. The molecule has 1 atom stereocenters. The molecule has 8 nitrogen and oxygen atoms in total. The fourth-order valence-corrected chi connectivity index (χ4v) is 2.67. The molecule has 0 spiro atoms. The normalized spacial score (nSPS) is 17.6. The van der Waals surface area contributed by atoms with Crippen molar-refractivity contribution in [3.05, 3.63) is 6.33 Å². The molecule has 1 unspecified atom stereocenters. The molecule has 1 aliphatic heterocycles. The van der Waals surface area contributed by atoms with Crippen LogP contribution in [0.3, 0.4) is 0 Å². The van der Waals surface area contributed by atoms with Crippen molar-refractivity contribution >= 4 is 23.6 Å². The number of ether oxygens (including phenoxy) is 1. The van der Waals surface area contributed by atoms with E-state index in [1.54, 1.807) is 0 Å². The van der Waals surface area contributed by atoms with Crippen molar-refractivity contribution in [1.82, 2.24) is 20.5 Å². The molecule has 0 aliphatic carbocycles. The van der Waals surface area contributed by atoms with Gasteiger partial charge >= 0.3 is 0 Å². The summed E-state index contributed by atoms with van der Waals surface area (Å²) in [7, 11) is 0. The molecule has 1 fully saturated rings. The molecule has 1 aromatic rings. The summed E-state index contributed by atoms with van der Waals surface area (Å²) in [6.07, 6.45) is 2.82. The Balaban J connectivity index is 1.83. The SMILES string of the molecule is NC(=O)C(NC(=O)CSc1ncn[nH]1)C1CCOCC1. The first-order valence-electron chi connectivity index (χ1n) is 6.31. The molecule has 1 aliphatic rings. The van der Waals surface area contributed by atoms with Gasteiger partial charge in [-0.25, -0.2) is 4.98 Å². The fourth-order valence-electron chi connectivity index (χ4n) is 2.08. The Bertz CT molecular complexity index is 447. The molecular formula is C11H17N5O3S. The first-order chi connectivity index (χ1) is 9.66. The van der Waals surface area contributed by atoms with Crippen LogP contribution in [0.1, 0.15) is 12.8 Å². The van der Waals surface area contributed by atoms with E-state index in [4.69, 9.17) is 10.5 Å². The zero-order chi connectivity index (χ0) is 14.4. The minimum Gasteiger partial charge on any atom is -0.381 e. The molecule has 1 saturated heterocycles. The Hall–Kier alpha value is -1.61. The third-order valence-electron chi connectivity index (χ3n) is 3.09. The summed E-state index contributed by atoms with van der Waals surface area (Å²) in [4.78, 5) is 27.3. The minimum absolute atomic E-state index is 0.0421. The van der Waals surface area contributed by atoms with Gasteiger partial charge in [0.25, 0.3) is 0 Å². The number of amides is 2. The summed E-state index contributed by atoms with van der Waals surface area (Å²) >= 11 is 1.22. The number of aromatic amines is 1. The van der Waals surface area contributed by atoms with Crippen molar-refractivity contribution in [3.8, 4) is 0 Å². The van der Waals surface area contributed by atoms with Crippen LogP contribution in [0.4, 0.5) is 0 Å². The van der Waals surface area contributed by atoms with E-state index in [-0.39, 0.29) is 17.6 Å². The Kier molecular flexibility index (Phi) is 5.36. The highest BCUT2D eigenvalue weighted by atomic mass is 32.2. The molecule has 0 bridgehead atoms. The van der Waals surface area contributed by atoms with Crippen LogP contribution in [0.15, 0.2) is 11.5 Å². The van der Waals surface area contributed by atoms with Crippen LogP contribution in [0.2, 0.25) is 0 Å². The van der Waals surface area contributed by atoms with Crippen LogP contribution in [0.5, 0.6) is 0 Å². The number of primary amides is 1. The van der Waals surface area contributed by atoms with Gasteiger partial charge in [0.2, 0.25) is 11.8 Å². The number of carbonyl (C=O) groups is 2. The minimum atomic E-state index is -0.637. The van der Waals surface area contributed by atoms with Crippen molar-refractivity contribution in [2.24, 2.45) is 11.7 Å². The van der Waals surface area contributed by atoms with Crippen LogP contribution in [0, 0.1) is 5.92 Å². The summed E-state index contributed by atoms with van der Waals surface area (Å²) in [5, 5.41) is 9.59. The zero-order valence-corrected chi connectivity index (χ0v) is 11.7. The topological polar surface area (TPSA) is 123 Å². The lowest BCUT2D eigenvalue weighted by Crippen LogP contribution is -2.50.